The van der Waals surface area contributed by atoms with Gasteiger partial charge in [0.05, 0.1) is 5.75 Å². The van der Waals surface area contributed by atoms with E-state index in [1.807, 2.05) is 27.7 Å². The van der Waals surface area contributed by atoms with Gasteiger partial charge in [-0.2, -0.15) is 0 Å². The molecule has 0 atom stereocenters. The number of hydrogen-bond acceptors (Lipinski definition) is 6. The van der Waals surface area contributed by atoms with E-state index in [1.54, 1.807) is 6.07 Å². The number of rotatable bonds is 6. The summed E-state index contributed by atoms with van der Waals surface area (Å²) >= 11 is 7.18. The second kappa shape index (κ2) is 7.81. The first kappa shape index (κ1) is 17.2. The van der Waals surface area contributed by atoms with Crippen molar-refractivity contribution in [1.29, 1.82) is 0 Å². The summed E-state index contributed by atoms with van der Waals surface area (Å²) in [6.45, 7) is 8.27. The molecule has 0 aliphatic heterocycles. The number of halogens is 1. The van der Waals surface area contributed by atoms with Crippen LogP contribution in [0.15, 0.2) is 11.1 Å². The van der Waals surface area contributed by atoms with E-state index in [0.717, 1.165) is 0 Å². The van der Waals surface area contributed by atoms with Crippen LogP contribution in [-0.4, -0.2) is 33.9 Å². The highest BCUT2D eigenvalue weighted by Gasteiger charge is 2.16. The highest BCUT2D eigenvalue weighted by molar-refractivity contribution is 7.99. The second-order valence-corrected chi connectivity index (χ2v) is 6.34. The van der Waals surface area contributed by atoms with Crippen LogP contribution in [0.25, 0.3) is 0 Å². The molecule has 5 nitrogen and oxygen atoms in total. The highest BCUT2D eigenvalue weighted by Crippen LogP contribution is 2.20. The standard InChI is InChI=1S/C13H19ClN2O3S/c1-5-18-7-10-15-9(14)6-11(16-10)20-8-12(17)19-13(2,3)4/h6H,5,7-8H2,1-4H3. The fraction of sp³-hybridized carbons (Fsp3) is 0.615. The van der Waals surface area contributed by atoms with Crippen molar-refractivity contribution in [2.45, 2.75) is 44.9 Å². The molecule has 0 bridgehead atoms. The van der Waals surface area contributed by atoms with Gasteiger partial charge in [-0.1, -0.05) is 23.4 Å². The van der Waals surface area contributed by atoms with Crippen molar-refractivity contribution in [1.82, 2.24) is 9.97 Å². The molecule has 0 saturated carbocycles. The van der Waals surface area contributed by atoms with Gasteiger partial charge >= 0.3 is 5.97 Å². The SMILES string of the molecule is CCOCc1nc(Cl)cc(SCC(=O)OC(C)(C)C)n1. The Labute approximate surface area is 128 Å². The third kappa shape index (κ3) is 7.07. The van der Waals surface area contributed by atoms with Crippen molar-refractivity contribution in [3.05, 3.63) is 17.0 Å². The van der Waals surface area contributed by atoms with Crippen molar-refractivity contribution >= 4 is 29.3 Å². The van der Waals surface area contributed by atoms with Crippen LogP contribution in [0.4, 0.5) is 0 Å². The molecule has 7 heteroatoms. The van der Waals surface area contributed by atoms with Gasteiger partial charge in [-0.05, 0) is 27.7 Å². The van der Waals surface area contributed by atoms with Crippen molar-refractivity contribution in [3.8, 4) is 0 Å². The fourth-order valence-corrected chi connectivity index (χ4v) is 2.23. The number of carbonyl (C=O) groups is 1. The first-order valence-electron chi connectivity index (χ1n) is 6.26. The summed E-state index contributed by atoms with van der Waals surface area (Å²) in [7, 11) is 0. The van der Waals surface area contributed by atoms with E-state index in [0.29, 0.717) is 29.2 Å². The lowest BCUT2D eigenvalue weighted by Crippen LogP contribution is -2.24. The summed E-state index contributed by atoms with van der Waals surface area (Å²) in [5.74, 6) is 0.397. The first-order valence-corrected chi connectivity index (χ1v) is 7.62. The Hall–Kier alpha value is -0.850. The third-order valence-electron chi connectivity index (χ3n) is 1.91. The Bertz CT molecular complexity index is 463. The fourth-order valence-electron chi connectivity index (χ4n) is 1.28. The van der Waals surface area contributed by atoms with E-state index in [1.165, 1.54) is 11.8 Å². The topological polar surface area (TPSA) is 61.3 Å². The van der Waals surface area contributed by atoms with E-state index in [9.17, 15) is 4.79 Å². The molecule has 0 N–H and O–H groups in total. The average molecular weight is 319 g/mol. The molecule has 1 aromatic heterocycles. The van der Waals surface area contributed by atoms with E-state index in [4.69, 9.17) is 21.1 Å². The number of aromatic nitrogens is 2. The van der Waals surface area contributed by atoms with Crippen LogP contribution < -0.4 is 0 Å². The number of carbonyl (C=O) groups excluding carboxylic acids is 1. The molecule has 0 aliphatic carbocycles. The van der Waals surface area contributed by atoms with Crippen LogP contribution in [-0.2, 0) is 20.9 Å². The maximum Gasteiger partial charge on any atom is 0.316 e. The Kier molecular flexibility index (Phi) is 6.71. The number of hydrogen-bond donors (Lipinski definition) is 0. The molecule has 0 spiro atoms. The summed E-state index contributed by atoms with van der Waals surface area (Å²) in [5, 5.41) is 0.965. The molecule has 0 aliphatic rings. The van der Waals surface area contributed by atoms with E-state index in [-0.39, 0.29) is 11.7 Å². The van der Waals surface area contributed by atoms with Crippen LogP contribution in [0.3, 0.4) is 0 Å². The third-order valence-corrected chi connectivity index (χ3v) is 2.99. The lowest BCUT2D eigenvalue weighted by Gasteiger charge is -2.19. The van der Waals surface area contributed by atoms with Crippen LogP contribution in [0.1, 0.15) is 33.5 Å². The lowest BCUT2D eigenvalue weighted by molar-refractivity contribution is -0.151. The second-order valence-electron chi connectivity index (χ2n) is 4.96. The number of nitrogens with zero attached hydrogens (tertiary/aromatic N) is 2. The Morgan fingerprint density at radius 1 is 1.40 bits per heavy atom. The van der Waals surface area contributed by atoms with Crippen molar-refractivity contribution < 1.29 is 14.3 Å². The van der Waals surface area contributed by atoms with Gasteiger partial charge in [0.25, 0.3) is 0 Å². The van der Waals surface area contributed by atoms with Gasteiger partial charge in [0.2, 0.25) is 0 Å². The van der Waals surface area contributed by atoms with Gasteiger partial charge in [0, 0.05) is 12.7 Å². The molecule has 0 unspecified atom stereocenters. The molecule has 0 amide bonds. The van der Waals surface area contributed by atoms with Gasteiger partial charge in [0.15, 0.2) is 5.82 Å². The lowest BCUT2D eigenvalue weighted by atomic mass is 10.2. The number of thioether (sulfide) groups is 1. The zero-order valence-corrected chi connectivity index (χ0v) is 13.7. The minimum absolute atomic E-state index is 0.179. The molecule has 1 aromatic rings. The Balaban J connectivity index is 2.59. The van der Waals surface area contributed by atoms with E-state index >= 15 is 0 Å². The maximum absolute atomic E-state index is 11.6. The number of ether oxygens (including phenoxy) is 2. The Morgan fingerprint density at radius 3 is 2.70 bits per heavy atom. The molecule has 1 heterocycles. The summed E-state index contributed by atoms with van der Waals surface area (Å²) in [4.78, 5) is 20.0. The van der Waals surface area contributed by atoms with Crippen molar-refractivity contribution in [3.63, 3.8) is 0 Å². The van der Waals surface area contributed by atoms with Crippen LogP contribution in [0.2, 0.25) is 5.15 Å². The smallest absolute Gasteiger partial charge is 0.316 e. The molecule has 20 heavy (non-hydrogen) atoms. The molecule has 0 radical (unpaired) electrons. The summed E-state index contributed by atoms with van der Waals surface area (Å²) in [6, 6.07) is 1.62. The maximum atomic E-state index is 11.6. The van der Waals surface area contributed by atoms with Gasteiger partial charge in [-0.15, -0.1) is 0 Å². The molecule has 0 saturated heterocycles. The normalized spacial score (nSPS) is 11.4. The predicted octanol–water partition coefficient (Wildman–Crippen LogP) is 3.10. The minimum atomic E-state index is -0.485. The summed E-state index contributed by atoms with van der Waals surface area (Å²) in [5.41, 5.74) is -0.485. The van der Waals surface area contributed by atoms with Crippen LogP contribution in [0, 0.1) is 0 Å². The van der Waals surface area contributed by atoms with Gasteiger partial charge in [0.1, 0.15) is 22.4 Å². The monoisotopic (exact) mass is 318 g/mol. The number of esters is 1. The van der Waals surface area contributed by atoms with Crippen molar-refractivity contribution in [2.75, 3.05) is 12.4 Å². The van der Waals surface area contributed by atoms with Gasteiger partial charge in [-0.25, -0.2) is 9.97 Å². The van der Waals surface area contributed by atoms with Crippen LogP contribution >= 0.6 is 23.4 Å². The molecular weight excluding hydrogens is 300 g/mol. The highest BCUT2D eigenvalue weighted by atomic mass is 35.5. The van der Waals surface area contributed by atoms with Crippen LogP contribution in [0.5, 0.6) is 0 Å². The Morgan fingerprint density at radius 2 is 2.10 bits per heavy atom. The molecule has 112 valence electrons. The minimum Gasteiger partial charge on any atom is -0.459 e. The average Bonchev–Trinajstić information content (AvgIpc) is 2.31. The molecule has 0 fully saturated rings. The van der Waals surface area contributed by atoms with E-state index < -0.39 is 5.60 Å². The van der Waals surface area contributed by atoms with Gasteiger partial charge in [-0.3, -0.25) is 4.79 Å². The molecule has 0 aromatic carbocycles. The first-order chi connectivity index (χ1) is 9.30. The molecular formula is C13H19ClN2O3S. The largest absolute Gasteiger partial charge is 0.459 e. The zero-order valence-electron chi connectivity index (χ0n) is 12.1. The predicted molar refractivity (Wildman–Crippen MR) is 78.9 cm³/mol. The molecule has 1 rings (SSSR count). The van der Waals surface area contributed by atoms with Crippen molar-refractivity contribution in [2.24, 2.45) is 0 Å². The quantitative estimate of drug-likeness (QED) is 0.456. The summed E-state index contributed by atoms with van der Waals surface area (Å²) in [6.07, 6.45) is 0. The van der Waals surface area contributed by atoms with E-state index in [2.05, 4.69) is 9.97 Å². The van der Waals surface area contributed by atoms with Gasteiger partial charge < -0.3 is 9.47 Å². The summed E-state index contributed by atoms with van der Waals surface area (Å²) < 4.78 is 10.5. The zero-order chi connectivity index (χ0) is 15.2.